The molecule has 3 rings (SSSR count). The normalized spacial score (nSPS) is 20.5. The number of esters is 1. The molecule has 1 aliphatic carbocycles. The number of amidine groups is 1. The van der Waals surface area contributed by atoms with Gasteiger partial charge in [-0.15, -0.1) is 5.10 Å². The lowest BCUT2D eigenvalue weighted by Crippen LogP contribution is -2.22. The molecule has 1 aromatic rings. The van der Waals surface area contributed by atoms with Gasteiger partial charge in [0.15, 0.2) is 5.17 Å². The van der Waals surface area contributed by atoms with Gasteiger partial charge >= 0.3 is 5.97 Å². The van der Waals surface area contributed by atoms with E-state index in [1.54, 1.807) is 18.3 Å². The standard InChI is InChI=1S/C17H19N3O3S/c21-15-11-24-17(19-15)20-18-10-12-6-8-14(9-7-12)23-16(22)13-4-2-1-3-5-13/h6-10,13H,1-5,11H2,(H,19,20,21). The van der Waals surface area contributed by atoms with Crippen LogP contribution >= 0.6 is 11.8 Å². The SMILES string of the molecule is O=C1CSC(=NN=Cc2ccc(OC(=O)C3CCCCC3)cc2)N1. The van der Waals surface area contributed by atoms with Crippen LogP contribution < -0.4 is 10.1 Å². The molecule has 0 unspecified atom stereocenters. The van der Waals surface area contributed by atoms with Crippen molar-refractivity contribution in [3.8, 4) is 5.75 Å². The third kappa shape index (κ3) is 4.67. The van der Waals surface area contributed by atoms with Crippen LogP contribution in [0.25, 0.3) is 0 Å². The molecule has 2 fully saturated rings. The highest BCUT2D eigenvalue weighted by Gasteiger charge is 2.22. The fourth-order valence-corrected chi connectivity index (χ4v) is 3.32. The van der Waals surface area contributed by atoms with Crippen LogP contribution in [-0.2, 0) is 9.59 Å². The molecule has 0 spiro atoms. The zero-order valence-electron chi connectivity index (χ0n) is 13.2. The predicted molar refractivity (Wildman–Crippen MR) is 94.3 cm³/mol. The lowest BCUT2D eigenvalue weighted by atomic mass is 9.89. The van der Waals surface area contributed by atoms with Gasteiger partial charge in [0.25, 0.3) is 0 Å². The Kier molecular flexibility index (Phi) is 5.63. The predicted octanol–water partition coefficient (Wildman–Crippen LogP) is 2.73. The quantitative estimate of drug-likeness (QED) is 0.394. The third-order valence-corrected chi connectivity index (χ3v) is 4.84. The number of carbonyl (C=O) groups excluding carboxylic acids is 2. The van der Waals surface area contributed by atoms with Crippen LogP contribution in [0.1, 0.15) is 37.7 Å². The topological polar surface area (TPSA) is 80.1 Å². The Morgan fingerprint density at radius 2 is 1.96 bits per heavy atom. The Labute approximate surface area is 144 Å². The van der Waals surface area contributed by atoms with E-state index in [4.69, 9.17) is 4.74 Å². The first-order chi connectivity index (χ1) is 11.7. The smallest absolute Gasteiger partial charge is 0.314 e. The Morgan fingerprint density at radius 3 is 2.62 bits per heavy atom. The number of amides is 1. The molecule has 1 amide bonds. The first-order valence-electron chi connectivity index (χ1n) is 8.06. The minimum Gasteiger partial charge on any atom is -0.426 e. The molecule has 6 nitrogen and oxygen atoms in total. The maximum atomic E-state index is 12.1. The van der Waals surface area contributed by atoms with Crippen molar-refractivity contribution in [2.45, 2.75) is 32.1 Å². The van der Waals surface area contributed by atoms with Crippen molar-refractivity contribution in [1.29, 1.82) is 0 Å². The van der Waals surface area contributed by atoms with E-state index in [9.17, 15) is 9.59 Å². The van der Waals surface area contributed by atoms with Gasteiger partial charge in [0, 0.05) is 0 Å². The number of nitrogens with zero attached hydrogens (tertiary/aromatic N) is 2. The zero-order chi connectivity index (χ0) is 16.8. The summed E-state index contributed by atoms with van der Waals surface area (Å²) in [6.45, 7) is 0. The molecule has 0 bridgehead atoms. The molecule has 1 aromatic carbocycles. The van der Waals surface area contributed by atoms with Gasteiger partial charge in [0.1, 0.15) is 5.75 Å². The third-order valence-electron chi connectivity index (χ3n) is 3.98. The molecule has 0 atom stereocenters. The van der Waals surface area contributed by atoms with E-state index in [1.165, 1.54) is 18.2 Å². The van der Waals surface area contributed by atoms with Crippen molar-refractivity contribution in [3.05, 3.63) is 29.8 Å². The number of nitrogens with one attached hydrogen (secondary N) is 1. The summed E-state index contributed by atoms with van der Waals surface area (Å²) in [5.74, 6) is 0.785. The molecule has 2 aliphatic rings. The average Bonchev–Trinajstić information content (AvgIpc) is 3.02. The summed E-state index contributed by atoms with van der Waals surface area (Å²) < 4.78 is 5.44. The summed E-state index contributed by atoms with van der Waals surface area (Å²) in [5.41, 5.74) is 0.839. The van der Waals surface area contributed by atoms with Crippen LogP contribution in [0.5, 0.6) is 5.75 Å². The Balaban J connectivity index is 1.53. The van der Waals surface area contributed by atoms with Gasteiger partial charge in [0.05, 0.1) is 17.9 Å². The van der Waals surface area contributed by atoms with Crippen LogP contribution in [0.3, 0.4) is 0 Å². The largest absolute Gasteiger partial charge is 0.426 e. The van der Waals surface area contributed by atoms with Crippen molar-refractivity contribution in [2.75, 3.05) is 5.75 Å². The van der Waals surface area contributed by atoms with Crippen molar-refractivity contribution in [3.63, 3.8) is 0 Å². The van der Waals surface area contributed by atoms with E-state index < -0.39 is 0 Å². The van der Waals surface area contributed by atoms with Gasteiger partial charge in [-0.05, 0) is 42.7 Å². The molecule has 1 saturated heterocycles. The van der Waals surface area contributed by atoms with Crippen molar-refractivity contribution in [1.82, 2.24) is 5.32 Å². The number of hydrogen-bond acceptors (Lipinski definition) is 6. The number of rotatable bonds is 4. The Morgan fingerprint density at radius 1 is 1.21 bits per heavy atom. The zero-order valence-corrected chi connectivity index (χ0v) is 14.1. The lowest BCUT2D eigenvalue weighted by molar-refractivity contribution is -0.140. The highest BCUT2D eigenvalue weighted by atomic mass is 32.2. The van der Waals surface area contributed by atoms with E-state index >= 15 is 0 Å². The Hall–Kier alpha value is -2.15. The number of carbonyl (C=O) groups is 2. The number of thioether (sulfide) groups is 1. The van der Waals surface area contributed by atoms with E-state index in [1.807, 2.05) is 12.1 Å². The first kappa shape index (κ1) is 16.7. The van der Waals surface area contributed by atoms with Crippen LogP contribution in [0, 0.1) is 5.92 Å². The van der Waals surface area contributed by atoms with Gasteiger partial charge in [-0.1, -0.05) is 31.0 Å². The minimum atomic E-state index is -0.128. The summed E-state index contributed by atoms with van der Waals surface area (Å²) in [7, 11) is 0. The average molecular weight is 345 g/mol. The highest BCUT2D eigenvalue weighted by molar-refractivity contribution is 8.15. The second-order valence-corrected chi connectivity index (χ2v) is 6.78. The highest BCUT2D eigenvalue weighted by Crippen LogP contribution is 2.25. The maximum absolute atomic E-state index is 12.1. The molecule has 1 saturated carbocycles. The van der Waals surface area contributed by atoms with Crippen LogP contribution in [0.2, 0.25) is 0 Å². The number of hydrogen-bond donors (Lipinski definition) is 1. The molecule has 0 aromatic heterocycles. The Bertz CT molecular complexity index is 664. The number of benzene rings is 1. The first-order valence-corrected chi connectivity index (χ1v) is 9.05. The molecule has 1 heterocycles. The summed E-state index contributed by atoms with van der Waals surface area (Å²) in [5, 5.41) is 11.0. The summed E-state index contributed by atoms with van der Waals surface area (Å²) >= 11 is 1.33. The molecule has 126 valence electrons. The van der Waals surface area contributed by atoms with E-state index in [0.717, 1.165) is 31.2 Å². The van der Waals surface area contributed by atoms with Gasteiger partial charge in [-0.25, -0.2) is 0 Å². The van der Waals surface area contributed by atoms with Gasteiger partial charge in [-0.3, -0.25) is 9.59 Å². The van der Waals surface area contributed by atoms with Crippen molar-refractivity contribution in [2.24, 2.45) is 16.1 Å². The van der Waals surface area contributed by atoms with Gasteiger partial charge in [0.2, 0.25) is 5.91 Å². The molecule has 1 aliphatic heterocycles. The van der Waals surface area contributed by atoms with Gasteiger partial charge in [-0.2, -0.15) is 5.10 Å². The second-order valence-electron chi connectivity index (χ2n) is 5.81. The van der Waals surface area contributed by atoms with E-state index in [-0.39, 0.29) is 17.8 Å². The van der Waals surface area contributed by atoms with Crippen molar-refractivity contribution < 1.29 is 14.3 Å². The fraction of sp³-hybridized carbons (Fsp3) is 0.412. The lowest BCUT2D eigenvalue weighted by Gasteiger charge is -2.19. The summed E-state index contributed by atoms with van der Waals surface area (Å²) in [6.07, 6.45) is 6.87. The second kappa shape index (κ2) is 8.10. The number of ether oxygens (including phenoxy) is 1. The van der Waals surface area contributed by atoms with Gasteiger partial charge < -0.3 is 10.1 Å². The molecule has 0 radical (unpaired) electrons. The summed E-state index contributed by atoms with van der Waals surface area (Å²) in [6, 6.07) is 7.13. The molecule has 24 heavy (non-hydrogen) atoms. The van der Waals surface area contributed by atoms with E-state index in [0.29, 0.717) is 16.7 Å². The van der Waals surface area contributed by atoms with Crippen molar-refractivity contribution >= 4 is 35.0 Å². The minimum absolute atomic E-state index is 0.0370. The van der Waals surface area contributed by atoms with Crippen LogP contribution in [-0.4, -0.2) is 29.0 Å². The van der Waals surface area contributed by atoms with E-state index in [2.05, 4.69) is 15.5 Å². The molecular weight excluding hydrogens is 326 g/mol. The molecule has 1 N–H and O–H groups in total. The molecule has 7 heteroatoms. The maximum Gasteiger partial charge on any atom is 0.314 e. The van der Waals surface area contributed by atoms with Crippen LogP contribution in [0.15, 0.2) is 34.5 Å². The summed E-state index contributed by atoms with van der Waals surface area (Å²) in [4.78, 5) is 23.1. The van der Waals surface area contributed by atoms with Crippen LogP contribution in [0.4, 0.5) is 0 Å². The monoisotopic (exact) mass is 345 g/mol. The fourth-order valence-electron chi connectivity index (χ4n) is 2.69. The molecular formula is C17H19N3O3S.